The Morgan fingerprint density at radius 2 is 1.48 bits per heavy atom. The number of benzene rings is 2. The minimum absolute atomic E-state index is 0.0442. The molecular weight excluding hydrogens is 625 g/mol. The van der Waals surface area contributed by atoms with Gasteiger partial charge in [0.05, 0.1) is 0 Å². The zero-order chi connectivity index (χ0) is 38.2. The van der Waals surface area contributed by atoms with Crippen molar-refractivity contribution in [3.63, 3.8) is 0 Å². The molecular formula is C52H72. The number of allylic oxidation sites excluding steroid dienone is 7. The molecule has 280 valence electrons. The summed E-state index contributed by atoms with van der Waals surface area (Å²) in [6, 6.07) is 12.0. The van der Waals surface area contributed by atoms with E-state index in [9.17, 15) is 0 Å². The molecule has 0 N–H and O–H groups in total. The van der Waals surface area contributed by atoms with Crippen LogP contribution in [-0.4, -0.2) is 0 Å². The Kier molecular flexibility index (Phi) is 10.3. The summed E-state index contributed by atoms with van der Waals surface area (Å²) in [5, 5.41) is 0. The van der Waals surface area contributed by atoms with Gasteiger partial charge in [0, 0.05) is 5.41 Å². The van der Waals surface area contributed by atoms with Crippen LogP contribution in [0.1, 0.15) is 154 Å². The Hall–Kier alpha value is -2.86. The quantitative estimate of drug-likeness (QED) is 0.258. The molecule has 4 aliphatic carbocycles. The van der Waals surface area contributed by atoms with Crippen molar-refractivity contribution in [3.05, 3.63) is 122 Å². The summed E-state index contributed by atoms with van der Waals surface area (Å²) in [6.45, 7) is 46.0. The van der Waals surface area contributed by atoms with Crippen molar-refractivity contribution in [2.75, 3.05) is 0 Å². The Morgan fingerprint density at radius 3 is 2.10 bits per heavy atom. The third kappa shape index (κ3) is 5.93. The molecule has 0 spiro atoms. The molecule has 0 bridgehead atoms. The van der Waals surface area contributed by atoms with E-state index in [2.05, 4.69) is 127 Å². The molecule has 0 aromatic heterocycles. The summed E-state index contributed by atoms with van der Waals surface area (Å²) in [5.74, 6) is 4.50. The second-order valence-corrected chi connectivity index (χ2v) is 19.6. The monoisotopic (exact) mass is 697 g/mol. The molecule has 2 aromatic carbocycles. The van der Waals surface area contributed by atoms with Crippen molar-refractivity contribution in [2.24, 2.45) is 45.8 Å². The highest BCUT2D eigenvalue weighted by Crippen LogP contribution is 2.70. The second kappa shape index (κ2) is 13.8. The van der Waals surface area contributed by atoms with E-state index in [4.69, 9.17) is 13.2 Å². The van der Waals surface area contributed by atoms with Gasteiger partial charge in [-0.3, -0.25) is 0 Å². The van der Waals surface area contributed by atoms with Crippen molar-refractivity contribution in [1.82, 2.24) is 0 Å². The van der Waals surface area contributed by atoms with Gasteiger partial charge in [-0.25, -0.2) is 0 Å². The number of hydrogen-bond donors (Lipinski definition) is 0. The van der Waals surface area contributed by atoms with Crippen LogP contribution in [-0.2, 0) is 25.7 Å². The predicted molar refractivity (Wildman–Crippen MR) is 228 cm³/mol. The lowest BCUT2D eigenvalue weighted by molar-refractivity contribution is 0.0543. The zero-order valence-electron chi connectivity index (χ0n) is 35.6. The minimum atomic E-state index is -0.130. The molecule has 8 atom stereocenters. The molecule has 6 rings (SSSR count). The fourth-order valence-corrected chi connectivity index (χ4v) is 13.0. The van der Waals surface area contributed by atoms with Gasteiger partial charge in [-0.15, -0.1) is 0 Å². The molecule has 0 saturated heterocycles. The van der Waals surface area contributed by atoms with Crippen molar-refractivity contribution in [3.8, 4) is 0 Å². The van der Waals surface area contributed by atoms with Crippen LogP contribution in [0.3, 0.4) is 0 Å². The third-order valence-electron chi connectivity index (χ3n) is 16.3. The summed E-state index contributed by atoms with van der Waals surface area (Å²) in [7, 11) is 0. The molecule has 1 fully saturated rings. The molecule has 0 radical (unpaired) electrons. The normalized spacial score (nSPS) is 33.3. The molecule has 5 unspecified atom stereocenters. The van der Waals surface area contributed by atoms with Crippen molar-refractivity contribution in [1.29, 1.82) is 0 Å². The van der Waals surface area contributed by atoms with Crippen LogP contribution in [0, 0.1) is 52.8 Å². The Balaban J connectivity index is 1.37. The Morgan fingerprint density at radius 1 is 0.865 bits per heavy atom. The number of aryl methyl sites for hydroxylation is 2. The van der Waals surface area contributed by atoms with Crippen LogP contribution >= 0.6 is 0 Å². The first-order valence-electron chi connectivity index (χ1n) is 21.0. The minimum Gasteiger partial charge on any atom is -0.0955 e. The summed E-state index contributed by atoms with van der Waals surface area (Å²) < 4.78 is 0. The lowest BCUT2D eigenvalue weighted by Crippen LogP contribution is -2.52. The van der Waals surface area contributed by atoms with E-state index >= 15 is 0 Å². The standard InChI is InChI=1S/C52H72/c1-17-40-24-44(35(9)33(7)34(40)8)25-43-21-19-18-20-41(43)22-23-42-26-45(30(2)3)46-28-50(14)29-51(15)27-32(6)47(31(4)5)38(12)52(51,16)39(13)49(50)37(11)48(46)36(42)10/h18-21,26,30,33-35,40,44H,4,11-12,17,22-25,27-29H2,1-3,5-10,13-16H3/t33?,34?,35?,40?,44?,50-,51+,52-/m1/s1. The van der Waals surface area contributed by atoms with E-state index in [1.54, 1.807) is 22.3 Å². The van der Waals surface area contributed by atoms with E-state index in [0.717, 1.165) is 67.3 Å². The van der Waals surface area contributed by atoms with Gasteiger partial charge in [-0.1, -0.05) is 136 Å². The van der Waals surface area contributed by atoms with Gasteiger partial charge in [0.25, 0.3) is 0 Å². The van der Waals surface area contributed by atoms with Crippen molar-refractivity contribution in [2.45, 2.75) is 147 Å². The van der Waals surface area contributed by atoms with Crippen LogP contribution in [0.5, 0.6) is 0 Å². The van der Waals surface area contributed by atoms with Crippen molar-refractivity contribution < 1.29 is 0 Å². The second-order valence-electron chi connectivity index (χ2n) is 19.6. The zero-order valence-corrected chi connectivity index (χ0v) is 35.6. The molecule has 2 aromatic rings. The smallest absolute Gasteiger partial charge is 0.0194 e. The Labute approximate surface area is 320 Å². The van der Waals surface area contributed by atoms with Crippen LogP contribution in [0.4, 0.5) is 0 Å². The maximum absolute atomic E-state index is 5.04. The van der Waals surface area contributed by atoms with E-state index < -0.39 is 0 Å². The molecule has 0 amide bonds. The van der Waals surface area contributed by atoms with Crippen LogP contribution in [0.15, 0.2) is 83.5 Å². The SMILES string of the molecule is C=C(C)C1=C(C)C[C@@]2(C)C[C@@]3(C)Cc4c(C(C)C)cc(CCc5ccccc5CC5CC(CC)C(C)C(C)C5C)c(C)c4C(=C)C3=C(C)[C@@]2(C)C1=C. The molecule has 1 saturated carbocycles. The maximum atomic E-state index is 5.04. The molecule has 0 aliphatic heterocycles. The lowest BCUT2D eigenvalue weighted by atomic mass is 9.41. The van der Waals surface area contributed by atoms with Crippen LogP contribution in [0.2, 0.25) is 0 Å². The summed E-state index contributed by atoms with van der Waals surface area (Å²) in [4.78, 5) is 0. The van der Waals surface area contributed by atoms with Gasteiger partial charge in [0.15, 0.2) is 0 Å². The van der Waals surface area contributed by atoms with Gasteiger partial charge in [0.2, 0.25) is 0 Å². The molecule has 0 heterocycles. The first-order valence-corrected chi connectivity index (χ1v) is 21.0. The van der Waals surface area contributed by atoms with Crippen LogP contribution < -0.4 is 0 Å². The lowest BCUT2D eigenvalue weighted by Gasteiger charge is -2.62. The highest BCUT2D eigenvalue weighted by molar-refractivity contribution is 5.87. The van der Waals surface area contributed by atoms with Crippen LogP contribution in [0.25, 0.3) is 5.57 Å². The fourth-order valence-electron chi connectivity index (χ4n) is 13.0. The van der Waals surface area contributed by atoms with Gasteiger partial charge < -0.3 is 0 Å². The van der Waals surface area contributed by atoms with Crippen molar-refractivity contribution >= 4 is 5.57 Å². The highest BCUT2D eigenvalue weighted by Gasteiger charge is 2.60. The van der Waals surface area contributed by atoms with E-state index in [1.165, 1.54) is 69.4 Å². The number of rotatable bonds is 8. The summed E-state index contributed by atoms with van der Waals surface area (Å²) >= 11 is 0. The summed E-state index contributed by atoms with van der Waals surface area (Å²) in [6.07, 6.45) is 9.41. The molecule has 4 aliphatic rings. The van der Waals surface area contributed by atoms with E-state index in [1.807, 2.05) is 0 Å². The Bertz CT molecular complexity index is 1870. The summed E-state index contributed by atoms with van der Waals surface area (Å²) in [5.41, 5.74) is 20.1. The maximum Gasteiger partial charge on any atom is 0.0194 e. The topological polar surface area (TPSA) is 0 Å². The molecule has 52 heavy (non-hydrogen) atoms. The third-order valence-corrected chi connectivity index (χ3v) is 16.3. The number of fused-ring (bicyclic) bond motifs is 3. The van der Waals surface area contributed by atoms with Gasteiger partial charge in [0.1, 0.15) is 0 Å². The largest absolute Gasteiger partial charge is 0.0955 e. The van der Waals surface area contributed by atoms with Gasteiger partial charge in [-0.05, 0) is 180 Å². The molecule has 0 nitrogen and oxygen atoms in total. The highest BCUT2D eigenvalue weighted by atomic mass is 14.6. The van der Waals surface area contributed by atoms with Gasteiger partial charge >= 0.3 is 0 Å². The first-order chi connectivity index (χ1) is 24.3. The molecule has 0 heteroatoms. The van der Waals surface area contributed by atoms with E-state index in [-0.39, 0.29) is 16.2 Å². The van der Waals surface area contributed by atoms with E-state index in [0.29, 0.717) is 5.92 Å². The average Bonchev–Trinajstić information content (AvgIpc) is 3.06. The predicted octanol–water partition coefficient (Wildman–Crippen LogP) is 14.6. The first kappa shape index (κ1) is 38.9. The van der Waals surface area contributed by atoms with Gasteiger partial charge in [-0.2, -0.15) is 0 Å². The fraction of sp³-hybridized carbons (Fsp3) is 0.577. The number of hydrogen-bond acceptors (Lipinski definition) is 0. The average molecular weight is 697 g/mol.